The molecule has 2 aromatic carbocycles. The second kappa shape index (κ2) is 13.0. The van der Waals surface area contributed by atoms with E-state index < -0.39 is 0 Å². The van der Waals surface area contributed by atoms with Crippen LogP contribution in [0, 0.1) is 17.6 Å². The van der Waals surface area contributed by atoms with Crippen LogP contribution in [0.2, 0.25) is 13.1 Å². The van der Waals surface area contributed by atoms with Crippen molar-refractivity contribution in [3.63, 3.8) is 0 Å². The molecule has 2 aliphatic rings. The monoisotopic (exact) mass is 504 g/mol. The SMILES string of the molecule is CC(C)(C)C1=CC[C-]=C1.C[Si](C)=[Zr+2].[Cl-].[Cl-].[c-]1cccc2c1Cc1ccccc1-2. The second-order valence-electron chi connectivity index (χ2n) is 7.86. The molecular formula is C24H28Cl2SiZr-2. The van der Waals surface area contributed by atoms with Gasteiger partial charge in [0.15, 0.2) is 0 Å². The maximum absolute atomic E-state index is 3.30. The normalized spacial score (nSPS) is 12.6. The summed E-state index contributed by atoms with van der Waals surface area (Å²) in [4.78, 5) is 0. The minimum absolute atomic E-state index is 0. The summed E-state index contributed by atoms with van der Waals surface area (Å²) < 4.78 is 0. The van der Waals surface area contributed by atoms with E-state index in [2.05, 4.69) is 94.6 Å². The van der Waals surface area contributed by atoms with Gasteiger partial charge >= 0.3 is 41.9 Å². The van der Waals surface area contributed by atoms with Gasteiger partial charge in [0, 0.05) is 0 Å². The van der Waals surface area contributed by atoms with Gasteiger partial charge in [0.05, 0.1) is 0 Å². The molecule has 0 N–H and O–H groups in total. The van der Waals surface area contributed by atoms with Crippen LogP contribution in [0.4, 0.5) is 0 Å². The van der Waals surface area contributed by atoms with Gasteiger partial charge in [-0.15, -0.1) is 12.0 Å². The summed E-state index contributed by atoms with van der Waals surface area (Å²) in [5.74, 6) is 0. The molecule has 2 aromatic rings. The van der Waals surface area contributed by atoms with Crippen LogP contribution in [-0.2, 0) is 29.8 Å². The van der Waals surface area contributed by atoms with Gasteiger partial charge in [-0.05, 0) is 6.42 Å². The number of hydrogen-bond donors (Lipinski definition) is 0. The summed E-state index contributed by atoms with van der Waals surface area (Å²) in [7, 11) is 0. The first-order valence-corrected chi connectivity index (χ1v) is 15.3. The van der Waals surface area contributed by atoms with Crippen molar-refractivity contribution in [1.82, 2.24) is 0 Å². The van der Waals surface area contributed by atoms with E-state index in [-0.39, 0.29) is 30.2 Å². The zero-order valence-corrected chi connectivity index (χ0v) is 22.3. The van der Waals surface area contributed by atoms with Crippen molar-refractivity contribution in [1.29, 1.82) is 0 Å². The van der Waals surface area contributed by atoms with E-state index in [9.17, 15) is 0 Å². The Labute approximate surface area is 199 Å². The van der Waals surface area contributed by atoms with Gasteiger partial charge in [0.2, 0.25) is 0 Å². The number of fused-ring (bicyclic) bond motifs is 3. The van der Waals surface area contributed by atoms with Gasteiger partial charge in [-0.2, -0.15) is 41.5 Å². The molecule has 0 amide bonds. The smallest absolute Gasteiger partial charge is 0.0253 e. The molecule has 0 nitrogen and oxygen atoms in total. The molecule has 0 bridgehead atoms. The maximum Gasteiger partial charge on any atom is -0.0253 e. The van der Waals surface area contributed by atoms with Crippen LogP contribution in [0.15, 0.2) is 60.2 Å². The van der Waals surface area contributed by atoms with Crippen molar-refractivity contribution in [2.75, 3.05) is 0 Å². The number of benzene rings is 2. The van der Waals surface area contributed by atoms with E-state index in [0.717, 1.165) is 12.8 Å². The van der Waals surface area contributed by atoms with E-state index in [1.807, 2.05) is 6.07 Å². The van der Waals surface area contributed by atoms with E-state index in [1.165, 1.54) is 27.8 Å². The van der Waals surface area contributed by atoms with E-state index >= 15 is 0 Å². The van der Waals surface area contributed by atoms with Gasteiger partial charge in [0.25, 0.3) is 0 Å². The zero-order chi connectivity index (χ0) is 19.2. The minimum Gasteiger partial charge on any atom is -1.00 e. The standard InChI is InChI=1S/C13H9.C9H13.C2H6Si.2ClH.Zr/c1-3-7-12-10(5-1)9-11-6-2-4-8-13(11)12;1-9(2,3)8-6-4-5-7-8;1-3-2;;;/h1-5,7-8H,9H2;6-7H,4H2,1-3H3;1-2H3;2*1H;/q2*-1;;;;+2/p-2. The Morgan fingerprint density at radius 1 is 0.964 bits per heavy atom. The van der Waals surface area contributed by atoms with Gasteiger partial charge in [-0.3, -0.25) is 6.08 Å². The molecule has 0 unspecified atom stereocenters. The quantitative estimate of drug-likeness (QED) is 0.309. The van der Waals surface area contributed by atoms with Crippen molar-refractivity contribution >= 4 is 5.43 Å². The second-order valence-corrected chi connectivity index (χ2v) is 17.2. The predicted octanol–water partition coefficient (Wildman–Crippen LogP) is 0.572. The summed E-state index contributed by atoms with van der Waals surface area (Å²) in [6.07, 6.45) is 9.55. The largest absolute Gasteiger partial charge is 1.00 e. The van der Waals surface area contributed by atoms with Crippen LogP contribution in [0.5, 0.6) is 0 Å². The maximum atomic E-state index is 3.30. The fourth-order valence-corrected chi connectivity index (χ4v) is 2.92. The summed E-state index contributed by atoms with van der Waals surface area (Å²) in [5, 5.41) is 0. The van der Waals surface area contributed by atoms with Crippen molar-refractivity contribution < 1.29 is 48.1 Å². The predicted molar refractivity (Wildman–Crippen MR) is 111 cm³/mol. The molecule has 0 fully saturated rings. The average Bonchev–Trinajstić information content (AvgIpc) is 3.22. The zero-order valence-electron chi connectivity index (χ0n) is 17.4. The fourth-order valence-electron chi connectivity index (χ4n) is 2.92. The molecule has 4 rings (SSSR count). The van der Waals surface area contributed by atoms with Crippen molar-refractivity contribution in [3.05, 3.63) is 83.5 Å². The Morgan fingerprint density at radius 2 is 1.57 bits per heavy atom. The third kappa shape index (κ3) is 8.54. The van der Waals surface area contributed by atoms with Crippen LogP contribution in [0.25, 0.3) is 11.1 Å². The molecular weight excluding hydrogens is 478 g/mol. The Hall–Kier alpha value is -0.400. The summed E-state index contributed by atoms with van der Waals surface area (Å²) in [6.45, 7) is 11.3. The van der Waals surface area contributed by atoms with Crippen molar-refractivity contribution in [2.45, 2.75) is 46.7 Å². The van der Waals surface area contributed by atoms with Crippen LogP contribution < -0.4 is 24.8 Å². The van der Waals surface area contributed by atoms with Crippen LogP contribution in [0.1, 0.15) is 38.3 Å². The Bertz CT molecular complexity index is 785. The van der Waals surface area contributed by atoms with E-state index in [4.69, 9.17) is 0 Å². The molecule has 0 aromatic heterocycles. The Balaban J connectivity index is 0.000000432. The third-order valence-electron chi connectivity index (χ3n) is 4.18. The molecule has 0 saturated carbocycles. The molecule has 28 heavy (non-hydrogen) atoms. The molecule has 2 aliphatic carbocycles. The van der Waals surface area contributed by atoms with Crippen LogP contribution >= 0.6 is 0 Å². The van der Waals surface area contributed by atoms with Gasteiger partial charge in [-0.25, -0.2) is 6.08 Å². The molecule has 0 aliphatic heterocycles. The number of halogens is 2. The number of allylic oxidation sites excluding steroid dienone is 4. The first-order chi connectivity index (χ1) is 12.3. The first kappa shape index (κ1) is 27.6. The van der Waals surface area contributed by atoms with Gasteiger partial charge < -0.3 is 24.8 Å². The van der Waals surface area contributed by atoms with E-state index in [0.29, 0.717) is 5.41 Å². The average molecular weight is 507 g/mol. The Morgan fingerprint density at radius 3 is 2.11 bits per heavy atom. The van der Waals surface area contributed by atoms with Crippen molar-refractivity contribution in [2.24, 2.45) is 5.41 Å². The molecule has 0 radical (unpaired) electrons. The molecule has 148 valence electrons. The molecule has 0 saturated heterocycles. The van der Waals surface area contributed by atoms with Gasteiger partial charge in [0.1, 0.15) is 0 Å². The molecule has 0 heterocycles. The van der Waals surface area contributed by atoms with Gasteiger partial charge in [-0.1, -0.05) is 61.6 Å². The number of rotatable bonds is 0. The van der Waals surface area contributed by atoms with E-state index in [1.54, 1.807) is 23.3 Å². The minimum atomic E-state index is 0. The fraction of sp³-hybridized carbons (Fsp3) is 0.333. The first-order valence-electron chi connectivity index (χ1n) is 9.16. The number of hydrogen-bond acceptors (Lipinski definition) is 0. The molecule has 0 atom stereocenters. The van der Waals surface area contributed by atoms with Crippen molar-refractivity contribution in [3.8, 4) is 11.1 Å². The summed E-state index contributed by atoms with van der Waals surface area (Å²) >= 11 is 1.74. The van der Waals surface area contributed by atoms with Crippen LogP contribution in [-0.4, -0.2) is 5.43 Å². The summed E-state index contributed by atoms with van der Waals surface area (Å²) in [6, 6.07) is 18.1. The van der Waals surface area contributed by atoms with Crippen LogP contribution in [0.3, 0.4) is 0 Å². The summed E-state index contributed by atoms with van der Waals surface area (Å²) in [5.41, 5.74) is 7.46. The topological polar surface area (TPSA) is 0 Å². The molecule has 4 heteroatoms. The Kier molecular flexibility index (Phi) is 12.8. The molecule has 0 spiro atoms. The third-order valence-corrected chi connectivity index (χ3v) is 4.18.